The molecule has 3 rings (SSSR count). The number of carbonyl (C=O) groups excluding carboxylic acids is 1. The second-order valence-corrected chi connectivity index (χ2v) is 6.65. The fourth-order valence-corrected chi connectivity index (χ4v) is 3.26. The van der Waals surface area contributed by atoms with Gasteiger partial charge in [0.25, 0.3) is 5.91 Å². The van der Waals surface area contributed by atoms with Crippen molar-refractivity contribution in [3.05, 3.63) is 53.7 Å². The van der Waals surface area contributed by atoms with Crippen LogP contribution >= 0.6 is 0 Å². The van der Waals surface area contributed by atoms with Crippen molar-refractivity contribution in [3.63, 3.8) is 0 Å². The Labute approximate surface area is 137 Å². The Morgan fingerprint density at radius 1 is 1.26 bits per heavy atom. The predicted octanol–water partition coefficient (Wildman–Crippen LogP) is 3.89. The maximum absolute atomic E-state index is 12.6. The molecule has 0 atom stereocenters. The topological polar surface area (TPSA) is 46.3 Å². The number of piperidine rings is 1. The summed E-state index contributed by atoms with van der Waals surface area (Å²) in [6, 6.07) is 10.6. The Morgan fingerprint density at radius 2 is 1.96 bits per heavy atom. The first-order valence-electron chi connectivity index (χ1n) is 8.41. The lowest BCUT2D eigenvalue weighted by Crippen LogP contribution is -2.39. The van der Waals surface area contributed by atoms with Crippen LogP contribution in [-0.4, -0.2) is 28.9 Å². The molecule has 0 saturated carbocycles. The molecule has 1 aliphatic heterocycles. The Balaban J connectivity index is 1.58. The standard InChI is InChI=1S/C19H24N2O2/c1-14(2)17-18(23-13-20-17)19(22)21-10-8-16(9-11-21)12-15-6-4-3-5-7-15/h3-7,13-14,16H,8-12H2,1-2H3. The summed E-state index contributed by atoms with van der Waals surface area (Å²) in [5.74, 6) is 1.26. The van der Waals surface area contributed by atoms with E-state index in [1.54, 1.807) is 0 Å². The molecule has 2 aromatic rings. The van der Waals surface area contributed by atoms with Gasteiger partial charge in [0, 0.05) is 13.1 Å². The van der Waals surface area contributed by atoms with E-state index in [0.29, 0.717) is 11.7 Å². The van der Waals surface area contributed by atoms with Gasteiger partial charge in [-0.15, -0.1) is 0 Å². The number of oxazole rings is 1. The molecule has 1 aliphatic rings. The summed E-state index contributed by atoms with van der Waals surface area (Å²) in [6.45, 7) is 5.66. The molecule has 0 N–H and O–H groups in total. The van der Waals surface area contributed by atoms with Crippen LogP contribution < -0.4 is 0 Å². The van der Waals surface area contributed by atoms with E-state index >= 15 is 0 Å². The molecule has 0 radical (unpaired) electrons. The van der Waals surface area contributed by atoms with Crippen LogP contribution in [0.25, 0.3) is 0 Å². The number of benzene rings is 1. The molecule has 4 heteroatoms. The third-order valence-corrected chi connectivity index (χ3v) is 4.61. The average Bonchev–Trinajstić information content (AvgIpc) is 3.06. The third-order valence-electron chi connectivity index (χ3n) is 4.61. The minimum absolute atomic E-state index is 0.00985. The second kappa shape index (κ2) is 6.99. The normalized spacial score (nSPS) is 16.0. The number of hydrogen-bond acceptors (Lipinski definition) is 3. The Morgan fingerprint density at radius 3 is 2.61 bits per heavy atom. The van der Waals surface area contributed by atoms with E-state index in [9.17, 15) is 4.79 Å². The van der Waals surface area contributed by atoms with Gasteiger partial charge in [-0.05, 0) is 36.7 Å². The van der Waals surface area contributed by atoms with Crippen LogP contribution in [0.5, 0.6) is 0 Å². The highest BCUT2D eigenvalue weighted by molar-refractivity contribution is 5.92. The molecule has 1 aromatic carbocycles. The van der Waals surface area contributed by atoms with Crippen LogP contribution in [0.15, 0.2) is 41.1 Å². The summed E-state index contributed by atoms with van der Waals surface area (Å²) in [5, 5.41) is 0. The van der Waals surface area contributed by atoms with Crippen molar-refractivity contribution in [2.45, 2.75) is 39.0 Å². The fourth-order valence-electron chi connectivity index (χ4n) is 3.26. The van der Waals surface area contributed by atoms with Crippen molar-refractivity contribution in [1.82, 2.24) is 9.88 Å². The van der Waals surface area contributed by atoms with Crippen LogP contribution in [0.3, 0.4) is 0 Å². The monoisotopic (exact) mass is 312 g/mol. The maximum Gasteiger partial charge on any atom is 0.291 e. The summed E-state index contributed by atoms with van der Waals surface area (Å²) in [7, 11) is 0. The number of aromatic nitrogens is 1. The Kier molecular flexibility index (Phi) is 4.79. The van der Waals surface area contributed by atoms with Crippen molar-refractivity contribution >= 4 is 5.91 Å². The SMILES string of the molecule is CC(C)c1ncoc1C(=O)N1CCC(Cc2ccccc2)CC1. The molecule has 2 heterocycles. The van der Waals surface area contributed by atoms with E-state index in [0.717, 1.165) is 38.0 Å². The summed E-state index contributed by atoms with van der Waals surface area (Å²) in [6.07, 6.45) is 4.57. The molecular formula is C19H24N2O2. The van der Waals surface area contributed by atoms with Gasteiger partial charge < -0.3 is 9.32 Å². The number of rotatable bonds is 4. The van der Waals surface area contributed by atoms with Crippen LogP contribution in [-0.2, 0) is 6.42 Å². The van der Waals surface area contributed by atoms with E-state index in [1.165, 1.54) is 12.0 Å². The lowest BCUT2D eigenvalue weighted by molar-refractivity contribution is 0.0656. The largest absolute Gasteiger partial charge is 0.438 e. The van der Waals surface area contributed by atoms with Gasteiger partial charge >= 0.3 is 0 Å². The molecule has 4 nitrogen and oxygen atoms in total. The summed E-state index contributed by atoms with van der Waals surface area (Å²) < 4.78 is 5.36. The zero-order valence-corrected chi connectivity index (χ0v) is 13.9. The Hall–Kier alpha value is -2.10. The lowest BCUT2D eigenvalue weighted by atomic mass is 9.90. The van der Waals surface area contributed by atoms with Crippen molar-refractivity contribution < 1.29 is 9.21 Å². The van der Waals surface area contributed by atoms with Crippen LogP contribution in [0, 0.1) is 5.92 Å². The van der Waals surface area contributed by atoms with Gasteiger partial charge in [-0.25, -0.2) is 4.98 Å². The summed E-state index contributed by atoms with van der Waals surface area (Å²) >= 11 is 0. The molecule has 1 fully saturated rings. The molecule has 1 saturated heterocycles. The van der Waals surface area contributed by atoms with Gasteiger partial charge in [0.15, 0.2) is 6.39 Å². The van der Waals surface area contributed by atoms with Gasteiger partial charge in [-0.3, -0.25) is 4.79 Å². The zero-order chi connectivity index (χ0) is 16.2. The average molecular weight is 312 g/mol. The lowest BCUT2D eigenvalue weighted by Gasteiger charge is -2.31. The first-order chi connectivity index (χ1) is 11.1. The summed E-state index contributed by atoms with van der Waals surface area (Å²) in [5.41, 5.74) is 2.15. The second-order valence-electron chi connectivity index (χ2n) is 6.65. The number of likely N-dealkylation sites (tertiary alicyclic amines) is 1. The smallest absolute Gasteiger partial charge is 0.291 e. The van der Waals surface area contributed by atoms with E-state index in [-0.39, 0.29) is 11.8 Å². The van der Waals surface area contributed by atoms with E-state index in [1.807, 2.05) is 18.7 Å². The minimum Gasteiger partial charge on any atom is -0.438 e. The van der Waals surface area contributed by atoms with Crippen molar-refractivity contribution in [3.8, 4) is 0 Å². The van der Waals surface area contributed by atoms with Crippen molar-refractivity contribution in [2.75, 3.05) is 13.1 Å². The van der Waals surface area contributed by atoms with E-state index < -0.39 is 0 Å². The van der Waals surface area contributed by atoms with Gasteiger partial charge in [-0.1, -0.05) is 44.2 Å². The number of hydrogen-bond donors (Lipinski definition) is 0. The highest BCUT2D eigenvalue weighted by atomic mass is 16.3. The first-order valence-corrected chi connectivity index (χ1v) is 8.41. The molecule has 122 valence electrons. The highest BCUT2D eigenvalue weighted by Gasteiger charge is 2.28. The summed E-state index contributed by atoms with van der Waals surface area (Å²) in [4.78, 5) is 18.7. The van der Waals surface area contributed by atoms with Gasteiger partial charge in [0.2, 0.25) is 5.76 Å². The van der Waals surface area contributed by atoms with Crippen LogP contribution in [0.1, 0.15) is 54.4 Å². The molecule has 0 spiro atoms. The number of amides is 1. The van der Waals surface area contributed by atoms with Crippen LogP contribution in [0.2, 0.25) is 0 Å². The number of nitrogens with zero attached hydrogens (tertiary/aromatic N) is 2. The maximum atomic E-state index is 12.6. The molecule has 1 amide bonds. The van der Waals surface area contributed by atoms with Gasteiger partial charge in [0.05, 0.1) is 5.69 Å². The van der Waals surface area contributed by atoms with Gasteiger partial charge in [0.1, 0.15) is 0 Å². The quantitative estimate of drug-likeness (QED) is 0.860. The van der Waals surface area contributed by atoms with E-state index in [2.05, 4.69) is 35.3 Å². The molecule has 0 unspecified atom stereocenters. The molecule has 0 bridgehead atoms. The van der Waals surface area contributed by atoms with Crippen molar-refractivity contribution in [2.24, 2.45) is 5.92 Å². The first kappa shape index (κ1) is 15.8. The molecule has 23 heavy (non-hydrogen) atoms. The molecular weight excluding hydrogens is 288 g/mol. The predicted molar refractivity (Wildman–Crippen MR) is 89.4 cm³/mol. The van der Waals surface area contributed by atoms with Crippen molar-refractivity contribution in [1.29, 1.82) is 0 Å². The molecule has 0 aliphatic carbocycles. The fraction of sp³-hybridized carbons (Fsp3) is 0.474. The van der Waals surface area contributed by atoms with E-state index in [4.69, 9.17) is 4.42 Å². The van der Waals surface area contributed by atoms with Crippen LogP contribution in [0.4, 0.5) is 0 Å². The Bertz CT molecular complexity index is 640. The highest BCUT2D eigenvalue weighted by Crippen LogP contribution is 2.25. The minimum atomic E-state index is -0.00985. The van der Waals surface area contributed by atoms with Gasteiger partial charge in [-0.2, -0.15) is 0 Å². The number of carbonyl (C=O) groups is 1. The third kappa shape index (κ3) is 3.63. The zero-order valence-electron chi connectivity index (χ0n) is 13.9. The molecule has 1 aromatic heterocycles.